The van der Waals surface area contributed by atoms with Gasteiger partial charge in [0.25, 0.3) is 0 Å². The summed E-state index contributed by atoms with van der Waals surface area (Å²) in [6, 6.07) is 12.7. The first kappa shape index (κ1) is 22.8. The van der Waals surface area contributed by atoms with E-state index in [1.165, 1.54) is 36.3 Å². The highest BCUT2D eigenvalue weighted by atomic mass is 32.2. The Morgan fingerprint density at radius 2 is 1.33 bits per heavy atom. The van der Waals surface area contributed by atoms with Gasteiger partial charge in [0, 0.05) is 34.3 Å². The molecule has 3 rings (SSSR count). The fourth-order valence-electron chi connectivity index (χ4n) is 3.83. The molecule has 2 aromatic rings. The van der Waals surface area contributed by atoms with E-state index >= 15 is 0 Å². The first-order valence-electron chi connectivity index (χ1n) is 11.1. The van der Waals surface area contributed by atoms with E-state index in [1.807, 2.05) is 18.2 Å². The second-order valence-corrected chi connectivity index (χ2v) is 9.04. The molecule has 0 spiro atoms. The Labute approximate surface area is 185 Å². The van der Waals surface area contributed by atoms with Crippen molar-refractivity contribution in [2.45, 2.75) is 75.6 Å². The Kier molecular flexibility index (Phi) is 7.92. The van der Waals surface area contributed by atoms with Crippen LogP contribution in [0.4, 0.5) is 22.7 Å². The van der Waals surface area contributed by atoms with Crippen molar-refractivity contribution in [3.63, 3.8) is 0 Å². The Bertz CT molecular complexity index is 825. The third kappa shape index (κ3) is 5.23. The Hall–Kier alpha value is -1.89. The topological polar surface area (TPSA) is 59.0 Å². The third-order valence-corrected chi connectivity index (χ3v) is 6.57. The van der Waals surface area contributed by atoms with Crippen LogP contribution >= 0.6 is 11.8 Å². The maximum atomic E-state index is 10.1. The molecule has 1 aliphatic rings. The van der Waals surface area contributed by atoms with Crippen LogP contribution in [0.2, 0.25) is 0 Å². The second-order valence-electron chi connectivity index (χ2n) is 7.95. The van der Waals surface area contributed by atoms with E-state index in [0.29, 0.717) is 0 Å². The molecular weight excluding hydrogens is 394 g/mol. The van der Waals surface area contributed by atoms with Crippen molar-refractivity contribution >= 4 is 34.5 Å². The normalized spacial score (nSPS) is 14.3. The maximum Gasteiger partial charge on any atom is 0.126 e. The fraction of sp³-hybridized carbons (Fsp3) is 0.500. The zero-order valence-electron chi connectivity index (χ0n) is 18.6. The van der Waals surface area contributed by atoms with Crippen LogP contribution in [0.1, 0.15) is 53.4 Å². The van der Waals surface area contributed by atoms with Gasteiger partial charge in [-0.15, -0.1) is 0 Å². The molecule has 2 aromatic carbocycles. The lowest BCUT2D eigenvalue weighted by Crippen LogP contribution is -2.40. The molecule has 1 aliphatic heterocycles. The zero-order chi connectivity index (χ0) is 21.7. The zero-order valence-corrected chi connectivity index (χ0v) is 19.4. The van der Waals surface area contributed by atoms with Crippen molar-refractivity contribution < 1.29 is 10.2 Å². The monoisotopic (exact) mass is 429 g/mol. The van der Waals surface area contributed by atoms with Crippen LogP contribution in [0.5, 0.6) is 0 Å². The number of benzene rings is 2. The van der Waals surface area contributed by atoms with E-state index in [1.54, 1.807) is 30.5 Å². The number of rotatable bonds is 10. The number of hydrogen-bond acceptors (Lipinski definition) is 6. The average Bonchev–Trinajstić information content (AvgIpc) is 2.71. The standard InChI is InChI=1S/C24H35N3O2S/c1-5-7-13-26(14-8-6-2)19-9-11-21-23(15-19)30-24-16-20(10-12-22(24)25-21)27(17(3)28)18(4)29/h9-12,15-18,25,28-29H,5-8,13-14H2,1-4H3. The summed E-state index contributed by atoms with van der Waals surface area (Å²) in [7, 11) is 0. The quantitative estimate of drug-likeness (QED) is 0.355. The van der Waals surface area contributed by atoms with Crippen molar-refractivity contribution in [1.82, 2.24) is 0 Å². The number of aliphatic hydroxyl groups excluding tert-OH is 2. The van der Waals surface area contributed by atoms with E-state index in [-0.39, 0.29) is 0 Å². The molecule has 0 fully saturated rings. The van der Waals surface area contributed by atoms with Crippen molar-refractivity contribution in [3.8, 4) is 0 Å². The molecule has 6 heteroatoms. The summed E-state index contributed by atoms with van der Waals surface area (Å²) in [5.41, 5.74) is 4.26. The summed E-state index contributed by atoms with van der Waals surface area (Å²) in [5.74, 6) is 0. The molecule has 0 aliphatic carbocycles. The molecule has 0 amide bonds. The van der Waals surface area contributed by atoms with Crippen LogP contribution in [0, 0.1) is 0 Å². The van der Waals surface area contributed by atoms with Gasteiger partial charge in [0.1, 0.15) is 12.5 Å². The Morgan fingerprint density at radius 3 is 1.83 bits per heavy atom. The van der Waals surface area contributed by atoms with Crippen LogP contribution < -0.4 is 15.1 Å². The van der Waals surface area contributed by atoms with Crippen molar-refractivity contribution in [2.24, 2.45) is 0 Å². The van der Waals surface area contributed by atoms with Crippen molar-refractivity contribution in [3.05, 3.63) is 36.4 Å². The largest absolute Gasteiger partial charge is 0.374 e. The molecular formula is C24H35N3O2S. The van der Waals surface area contributed by atoms with E-state index < -0.39 is 12.5 Å². The lowest BCUT2D eigenvalue weighted by molar-refractivity contribution is 0.105. The van der Waals surface area contributed by atoms with E-state index in [0.717, 1.165) is 35.0 Å². The Morgan fingerprint density at radius 1 is 0.833 bits per heavy atom. The highest BCUT2D eigenvalue weighted by molar-refractivity contribution is 7.99. The summed E-state index contributed by atoms with van der Waals surface area (Å²) in [5, 5.41) is 23.7. The first-order valence-corrected chi connectivity index (χ1v) is 11.9. The fourth-order valence-corrected chi connectivity index (χ4v) is 4.88. The van der Waals surface area contributed by atoms with Gasteiger partial charge in [-0.3, -0.25) is 0 Å². The number of unbranched alkanes of at least 4 members (excludes halogenated alkanes) is 2. The molecule has 2 atom stereocenters. The minimum Gasteiger partial charge on any atom is -0.374 e. The van der Waals surface area contributed by atoms with Gasteiger partial charge in [-0.25, -0.2) is 0 Å². The van der Waals surface area contributed by atoms with Crippen LogP contribution in [0.3, 0.4) is 0 Å². The summed E-state index contributed by atoms with van der Waals surface area (Å²) >= 11 is 1.74. The highest BCUT2D eigenvalue weighted by Gasteiger charge is 2.22. The molecule has 2 unspecified atom stereocenters. The number of anilines is 4. The van der Waals surface area contributed by atoms with Gasteiger partial charge in [0.15, 0.2) is 0 Å². The van der Waals surface area contributed by atoms with Crippen molar-refractivity contribution in [2.75, 3.05) is 28.2 Å². The van der Waals surface area contributed by atoms with Crippen LogP contribution in [-0.4, -0.2) is 35.8 Å². The lowest BCUT2D eigenvalue weighted by Gasteiger charge is -2.32. The summed E-state index contributed by atoms with van der Waals surface area (Å²) in [6.45, 7) is 9.99. The molecule has 0 radical (unpaired) electrons. The molecule has 5 nitrogen and oxygen atoms in total. The predicted molar refractivity (Wildman–Crippen MR) is 128 cm³/mol. The number of hydrogen-bond donors (Lipinski definition) is 3. The van der Waals surface area contributed by atoms with Gasteiger partial charge in [0.05, 0.1) is 11.4 Å². The number of nitrogens with one attached hydrogen (secondary N) is 1. The highest BCUT2D eigenvalue weighted by Crippen LogP contribution is 2.46. The van der Waals surface area contributed by atoms with Gasteiger partial charge in [-0.05, 0) is 63.1 Å². The molecule has 1 heterocycles. The Balaban J connectivity index is 1.86. The SMILES string of the molecule is CCCCN(CCCC)c1ccc2c(c1)Sc1cc(N(C(C)O)C(C)O)ccc1N2. The first-order chi connectivity index (χ1) is 14.4. The minimum atomic E-state index is -0.769. The molecule has 0 saturated carbocycles. The molecule has 30 heavy (non-hydrogen) atoms. The van der Waals surface area contributed by atoms with Crippen molar-refractivity contribution in [1.29, 1.82) is 0 Å². The van der Waals surface area contributed by atoms with Crippen LogP contribution in [0.15, 0.2) is 46.2 Å². The number of fused-ring (bicyclic) bond motifs is 2. The van der Waals surface area contributed by atoms with Crippen LogP contribution in [-0.2, 0) is 0 Å². The number of nitrogens with zero attached hydrogens (tertiary/aromatic N) is 2. The van der Waals surface area contributed by atoms with Gasteiger partial charge in [-0.2, -0.15) is 0 Å². The molecule has 3 N–H and O–H groups in total. The predicted octanol–water partition coefficient (Wildman–Crippen LogP) is 5.78. The number of aliphatic hydroxyl groups is 2. The van der Waals surface area contributed by atoms with Gasteiger partial charge in [0.2, 0.25) is 0 Å². The molecule has 0 aromatic heterocycles. The van der Waals surface area contributed by atoms with Gasteiger partial charge >= 0.3 is 0 Å². The van der Waals surface area contributed by atoms with E-state index in [4.69, 9.17) is 0 Å². The second kappa shape index (κ2) is 10.4. The lowest BCUT2D eigenvalue weighted by atomic mass is 10.2. The van der Waals surface area contributed by atoms with E-state index in [2.05, 4.69) is 42.3 Å². The van der Waals surface area contributed by atoms with Gasteiger partial charge in [-0.1, -0.05) is 38.5 Å². The maximum absolute atomic E-state index is 10.1. The molecule has 0 bridgehead atoms. The molecule has 164 valence electrons. The smallest absolute Gasteiger partial charge is 0.126 e. The average molecular weight is 430 g/mol. The third-order valence-electron chi connectivity index (χ3n) is 5.45. The molecule has 0 saturated heterocycles. The summed E-state index contributed by atoms with van der Waals surface area (Å²) in [4.78, 5) is 6.40. The van der Waals surface area contributed by atoms with Gasteiger partial charge < -0.3 is 25.3 Å². The summed E-state index contributed by atoms with van der Waals surface area (Å²) in [6.07, 6.45) is 3.26. The van der Waals surface area contributed by atoms with Crippen LogP contribution in [0.25, 0.3) is 0 Å². The summed E-state index contributed by atoms with van der Waals surface area (Å²) < 4.78 is 0. The van der Waals surface area contributed by atoms with E-state index in [9.17, 15) is 10.2 Å². The minimum absolute atomic E-state index is 0.769.